The number of benzene rings is 1. The Morgan fingerprint density at radius 2 is 2.00 bits per heavy atom. The van der Waals surface area contributed by atoms with Crippen LogP contribution in [0.25, 0.3) is 0 Å². The van der Waals surface area contributed by atoms with Crippen molar-refractivity contribution in [3.8, 4) is 0 Å². The zero-order valence-corrected chi connectivity index (χ0v) is 10.0. The van der Waals surface area contributed by atoms with E-state index in [1.165, 1.54) is 6.07 Å². The third-order valence-electron chi connectivity index (χ3n) is 1.38. The van der Waals surface area contributed by atoms with Crippen LogP contribution in [0, 0.1) is 3.57 Å². The maximum absolute atomic E-state index is 11.4. The SMILES string of the molecule is CCOS(=O)(=O)c1ccccc1I. The first-order valence-corrected chi connectivity index (χ1v) is 6.20. The first-order valence-electron chi connectivity index (χ1n) is 3.72. The van der Waals surface area contributed by atoms with Gasteiger partial charge >= 0.3 is 0 Å². The lowest BCUT2D eigenvalue weighted by Crippen LogP contribution is -2.07. The molecule has 1 aromatic rings. The Morgan fingerprint density at radius 3 is 2.54 bits per heavy atom. The molecule has 0 spiro atoms. The van der Waals surface area contributed by atoms with Crippen LogP contribution in [0.15, 0.2) is 29.2 Å². The monoisotopic (exact) mass is 312 g/mol. The fourth-order valence-corrected chi connectivity index (χ4v) is 3.05. The average Bonchev–Trinajstić information content (AvgIpc) is 2.04. The normalized spacial score (nSPS) is 11.5. The van der Waals surface area contributed by atoms with Crippen molar-refractivity contribution in [1.82, 2.24) is 0 Å². The molecule has 0 saturated heterocycles. The van der Waals surface area contributed by atoms with Gasteiger partial charge < -0.3 is 0 Å². The zero-order valence-electron chi connectivity index (χ0n) is 7.03. The minimum Gasteiger partial charge on any atom is -0.267 e. The van der Waals surface area contributed by atoms with Crippen LogP contribution in [0.3, 0.4) is 0 Å². The standard InChI is InChI=1S/C8H9IO3S/c1-2-12-13(10,11)8-6-4-3-5-7(8)9/h3-6H,2H2,1H3. The molecule has 5 heteroatoms. The molecule has 0 atom stereocenters. The molecule has 0 aromatic heterocycles. The lowest BCUT2D eigenvalue weighted by molar-refractivity contribution is 0.338. The molecule has 0 amide bonds. The predicted octanol–water partition coefficient (Wildman–Crippen LogP) is 2.02. The third kappa shape index (κ3) is 2.65. The highest BCUT2D eigenvalue weighted by Gasteiger charge is 2.16. The van der Waals surface area contributed by atoms with Crippen LogP contribution >= 0.6 is 22.6 Å². The molecule has 0 bridgehead atoms. The molecule has 13 heavy (non-hydrogen) atoms. The fraction of sp³-hybridized carbons (Fsp3) is 0.250. The van der Waals surface area contributed by atoms with Crippen LogP contribution in [0.1, 0.15) is 6.92 Å². The first kappa shape index (κ1) is 10.9. The molecule has 3 nitrogen and oxygen atoms in total. The second kappa shape index (κ2) is 4.39. The van der Waals surface area contributed by atoms with E-state index in [4.69, 9.17) is 0 Å². The molecule has 0 saturated carbocycles. The van der Waals surface area contributed by atoms with Crippen LogP contribution < -0.4 is 0 Å². The topological polar surface area (TPSA) is 43.4 Å². The minimum absolute atomic E-state index is 0.160. The Morgan fingerprint density at radius 1 is 1.38 bits per heavy atom. The number of rotatable bonds is 3. The largest absolute Gasteiger partial charge is 0.298 e. The quantitative estimate of drug-likeness (QED) is 0.633. The molecule has 0 heterocycles. The number of hydrogen-bond acceptors (Lipinski definition) is 3. The van der Waals surface area contributed by atoms with Gasteiger partial charge in [0.2, 0.25) is 0 Å². The van der Waals surface area contributed by atoms with Gasteiger partial charge in [-0.3, -0.25) is 4.18 Å². The molecule has 0 aliphatic rings. The summed E-state index contributed by atoms with van der Waals surface area (Å²) in [6, 6.07) is 6.72. The molecule has 0 N–H and O–H groups in total. The Labute approximate surface area is 91.4 Å². The van der Waals surface area contributed by atoms with Gasteiger partial charge in [-0.05, 0) is 41.6 Å². The highest BCUT2D eigenvalue weighted by Crippen LogP contribution is 2.19. The van der Waals surface area contributed by atoms with Crippen molar-refractivity contribution in [2.24, 2.45) is 0 Å². The van der Waals surface area contributed by atoms with Crippen LogP contribution in [-0.4, -0.2) is 15.0 Å². The summed E-state index contributed by atoms with van der Waals surface area (Å²) < 4.78 is 28.2. The summed E-state index contributed by atoms with van der Waals surface area (Å²) >= 11 is 1.97. The van der Waals surface area contributed by atoms with Crippen molar-refractivity contribution in [3.05, 3.63) is 27.8 Å². The molecule has 0 unspecified atom stereocenters. The summed E-state index contributed by atoms with van der Waals surface area (Å²) in [6.45, 7) is 1.81. The Hall–Kier alpha value is -0.140. The van der Waals surface area contributed by atoms with Crippen molar-refractivity contribution in [2.45, 2.75) is 11.8 Å². The van der Waals surface area contributed by atoms with Gasteiger partial charge in [-0.2, -0.15) is 8.42 Å². The molecule has 0 aliphatic heterocycles. The van der Waals surface area contributed by atoms with Gasteiger partial charge in [0.05, 0.1) is 6.61 Å². The average molecular weight is 312 g/mol. The van der Waals surface area contributed by atoms with Gasteiger partial charge in [-0.1, -0.05) is 12.1 Å². The van der Waals surface area contributed by atoms with Gasteiger partial charge in [0, 0.05) is 3.57 Å². The van der Waals surface area contributed by atoms with E-state index in [1.54, 1.807) is 25.1 Å². The van der Waals surface area contributed by atoms with Crippen molar-refractivity contribution in [2.75, 3.05) is 6.61 Å². The van der Waals surface area contributed by atoms with Crippen LogP contribution in [0.4, 0.5) is 0 Å². The Bertz CT molecular complexity index is 386. The van der Waals surface area contributed by atoms with E-state index in [1.807, 2.05) is 22.6 Å². The lowest BCUT2D eigenvalue weighted by Gasteiger charge is -2.04. The van der Waals surface area contributed by atoms with E-state index in [0.29, 0.717) is 3.57 Å². The molecule has 1 rings (SSSR count). The van der Waals surface area contributed by atoms with E-state index in [-0.39, 0.29) is 11.5 Å². The maximum atomic E-state index is 11.4. The summed E-state index contributed by atoms with van der Waals surface area (Å²) in [7, 11) is -3.55. The summed E-state index contributed by atoms with van der Waals surface area (Å²) in [5.41, 5.74) is 0. The van der Waals surface area contributed by atoms with Gasteiger partial charge in [-0.15, -0.1) is 0 Å². The van der Waals surface area contributed by atoms with Crippen LogP contribution in [0.2, 0.25) is 0 Å². The highest BCUT2D eigenvalue weighted by atomic mass is 127. The van der Waals surface area contributed by atoms with Crippen molar-refractivity contribution < 1.29 is 12.6 Å². The van der Waals surface area contributed by atoms with Crippen molar-refractivity contribution >= 4 is 32.7 Å². The second-order valence-electron chi connectivity index (χ2n) is 2.29. The van der Waals surface area contributed by atoms with E-state index in [9.17, 15) is 8.42 Å². The number of hydrogen-bond donors (Lipinski definition) is 0. The van der Waals surface area contributed by atoms with Gasteiger partial charge in [0.15, 0.2) is 0 Å². The predicted molar refractivity (Wildman–Crippen MR) is 58.0 cm³/mol. The highest BCUT2D eigenvalue weighted by molar-refractivity contribution is 14.1. The number of halogens is 1. The second-order valence-corrected chi connectivity index (χ2v) is 5.04. The van der Waals surface area contributed by atoms with Crippen molar-refractivity contribution in [3.63, 3.8) is 0 Å². The molecule has 0 fully saturated rings. The Balaban J connectivity index is 3.15. The Kier molecular flexibility index (Phi) is 3.69. The molecular formula is C8H9IO3S. The van der Waals surface area contributed by atoms with Gasteiger partial charge in [-0.25, -0.2) is 0 Å². The first-order chi connectivity index (χ1) is 6.08. The third-order valence-corrected chi connectivity index (χ3v) is 4.13. The van der Waals surface area contributed by atoms with E-state index in [2.05, 4.69) is 4.18 Å². The summed E-state index contributed by atoms with van der Waals surface area (Å²) in [5, 5.41) is 0. The van der Waals surface area contributed by atoms with Crippen LogP contribution in [-0.2, 0) is 14.3 Å². The summed E-state index contributed by atoms with van der Waals surface area (Å²) in [4.78, 5) is 0.234. The molecular weight excluding hydrogens is 303 g/mol. The zero-order chi connectivity index (χ0) is 9.90. The van der Waals surface area contributed by atoms with Gasteiger partial charge in [0.1, 0.15) is 4.90 Å². The molecule has 0 radical (unpaired) electrons. The minimum atomic E-state index is -3.55. The molecule has 1 aromatic carbocycles. The molecule has 72 valence electrons. The summed E-state index contributed by atoms with van der Waals surface area (Å²) in [6.07, 6.45) is 0. The van der Waals surface area contributed by atoms with E-state index >= 15 is 0 Å². The molecule has 0 aliphatic carbocycles. The van der Waals surface area contributed by atoms with Crippen molar-refractivity contribution in [1.29, 1.82) is 0 Å². The lowest BCUT2D eigenvalue weighted by atomic mass is 10.4. The van der Waals surface area contributed by atoms with E-state index in [0.717, 1.165) is 0 Å². The summed E-state index contributed by atoms with van der Waals surface area (Å²) in [5.74, 6) is 0. The fourth-order valence-electron chi connectivity index (χ4n) is 0.866. The van der Waals surface area contributed by atoms with Gasteiger partial charge in [0.25, 0.3) is 10.1 Å². The van der Waals surface area contributed by atoms with Crippen LogP contribution in [0.5, 0.6) is 0 Å². The maximum Gasteiger partial charge on any atom is 0.298 e. The smallest absolute Gasteiger partial charge is 0.267 e. The van der Waals surface area contributed by atoms with E-state index < -0.39 is 10.1 Å².